The molecule has 5 heteroatoms. The Morgan fingerprint density at radius 3 is 2.53 bits per heavy atom. The van der Waals surface area contributed by atoms with Crippen LogP contribution in [-0.2, 0) is 6.61 Å². The van der Waals surface area contributed by atoms with E-state index in [-0.39, 0.29) is 5.91 Å². The highest BCUT2D eigenvalue weighted by atomic mass is 16.5. The van der Waals surface area contributed by atoms with E-state index in [1.807, 2.05) is 109 Å². The predicted octanol–water partition coefficient (Wildman–Crippen LogP) is 6.35. The Labute approximate surface area is 199 Å². The van der Waals surface area contributed by atoms with Gasteiger partial charge in [-0.15, -0.1) is 0 Å². The highest BCUT2D eigenvalue weighted by molar-refractivity contribution is 6.12. The zero-order valence-electron chi connectivity index (χ0n) is 19.2. The SMILES string of the molecule is COc1cccc(COc2ccccc2[C@@H]2Nc3ccccc3C(=O)N2c2cccc(C)c2)c1. The van der Waals surface area contributed by atoms with Crippen molar-refractivity contribution >= 4 is 17.3 Å². The topological polar surface area (TPSA) is 50.8 Å². The summed E-state index contributed by atoms with van der Waals surface area (Å²) >= 11 is 0. The third-order valence-corrected chi connectivity index (χ3v) is 5.95. The van der Waals surface area contributed by atoms with Crippen LogP contribution in [0.3, 0.4) is 0 Å². The van der Waals surface area contributed by atoms with Crippen LogP contribution >= 0.6 is 0 Å². The maximum atomic E-state index is 13.7. The Bertz CT molecular complexity index is 1330. The summed E-state index contributed by atoms with van der Waals surface area (Å²) in [6.45, 7) is 2.41. The number of hydrogen-bond acceptors (Lipinski definition) is 4. The van der Waals surface area contributed by atoms with E-state index in [2.05, 4.69) is 5.32 Å². The van der Waals surface area contributed by atoms with E-state index in [0.717, 1.165) is 33.8 Å². The summed E-state index contributed by atoms with van der Waals surface area (Å²) in [6, 6.07) is 31.3. The number of para-hydroxylation sites is 2. The van der Waals surface area contributed by atoms with Gasteiger partial charge >= 0.3 is 0 Å². The third-order valence-electron chi connectivity index (χ3n) is 5.95. The molecule has 0 unspecified atom stereocenters. The van der Waals surface area contributed by atoms with Gasteiger partial charge in [0.15, 0.2) is 0 Å². The number of fused-ring (bicyclic) bond motifs is 1. The highest BCUT2D eigenvalue weighted by Gasteiger charge is 2.35. The van der Waals surface area contributed by atoms with Gasteiger partial charge in [-0.05, 0) is 60.5 Å². The smallest absolute Gasteiger partial charge is 0.262 e. The molecule has 1 atom stereocenters. The second-order valence-corrected chi connectivity index (χ2v) is 8.28. The molecule has 1 aliphatic rings. The van der Waals surface area contributed by atoms with Crippen LogP contribution in [0.4, 0.5) is 11.4 Å². The molecule has 0 aliphatic carbocycles. The van der Waals surface area contributed by atoms with Crippen molar-refractivity contribution in [3.8, 4) is 11.5 Å². The number of nitrogens with zero attached hydrogens (tertiary/aromatic N) is 1. The van der Waals surface area contributed by atoms with Gasteiger partial charge in [-0.2, -0.15) is 0 Å². The van der Waals surface area contributed by atoms with Crippen molar-refractivity contribution in [2.45, 2.75) is 19.7 Å². The third kappa shape index (κ3) is 4.20. The molecule has 0 saturated heterocycles. The number of ether oxygens (including phenoxy) is 2. The van der Waals surface area contributed by atoms with Gasteiger partial charge in [-0.25, -0.2) is 0 Å². The summed E-state index contributed by atoms with van der Waals surface area (Å²) in [5.41, 5.74) is 5.27. The molecular formula is C29H26N2O3. The van der Waals surface area contributed by atoms with Crippen molar-refractivity contribution in [3.63, 3.8) is 0 Å². The fourth-order valence-electron chi connectivity index (χ4n) is 4.28. The second kappa shape index (κ2) is 9.32. The van der Waals surface area contributed by atoms with Crippen molar-refractivity contribution in [1.82, 2.24) is 0 Å². The Kier molecular flexibility index (Phi) is 5.91. The minimum Gasteiger partial charge on any atom is -0.497 e. The second-order valence-electron chi connectivity index (χ2n) is 8.28. The van der Waals surface area contributed by atoms with Gasteiger partial charge in [-0.1, -0.05) is 54.6 Å². The molecule has 1 N–H and O–H groups in total. The number of anilines is 2. The van der Waals surface area contributed by atoms with Crippen LogP contribution in [0, 0.1) is 6.92 Å². The fourth-order valence-corrected chi connectivity index (χ4v) is 4.28. The number of rotatable bonds is 6. The number of amides is 1. The fraction of sp³-hybridized carbons (Fsp3) is 0.138. The van der Waals surface area contributed by atoms with Crippen LogP contribution in [0.25, 0.3) is 0 Å². The Hall–Kier alpha value is -4.25. The average molecular weight is 451 g/mol. The van der Waals surface area contributed by atoms with Gasteiger partial charge in [0, 0.05) is 16.9 Å². The lowest BCUT2D eigenvalue weighted by molar-refractivity contribution is 0.0974. The normalized spacial score (nSPS) is 14.8. The molecule has 4 aromatic carbocycles. The van der Waals surface area contributed by atoms with Crippen LogP contribution < -0.4 is 19.7 Å². The van der Waals surface area contributed by atoms with Gasteiger partial charge in [0.1, 0.15) is 24.3 Å². The lowest BCUT2D eigenvalue weighted by Crippen LogP contribution is -2.43. The average Bonchev–Trinajstić information content (AvgIpc) is 2.87. The maximum absolute atomic E-state index is 13.7. The molecule has 0 aromatic heterocycles. The predicted molar refractivity (Wildman–Crippen MR) is 135 cm³/mol. The quantitative estimate of drug-likeness (QED) is 0.372. The summed E-state index contributed by atoms with van der Waals surface area (Å²) in [5.74, 6) is 1.45. The van der Waals surface area contributed by atoms with Crippen LogP contribution in [0.2, 0.25) is 0 Å². The monoisotopic (exact) mass is 450 g/mol. The van der Waals surface area contributed by atoms with E-state index in [4.69, 9.17) is 9.47 Å². The first kappa shape index (κ1) is 21.6. The van der Waals surface area contributed by atoms with E-state index < -0.39 is 6.17 Å². The van der Waals surface area contributed by atoms with E-state index in [1.165, 1.54) is 0 Å². The summed E-state index contributed by atoms with van der Waals surface area (Å²) in [5, 5.41) is 3.57. The number of methoxy groups -OCH3 is 1. The molecule has 0 saturated carbocycles. The first-order chi connectivity index (χ1) is 16.6. The molecule has 34 heavy (non-hydrogen) atoms. The Morgan fingerprint density at radius 1 is 0.882 bits per heavy atom. The minimum atomic E-state index is -0.425. The summed E-state index contributed by atoms with van der Waals surface area (Å²) < 4.78 is 11.6. The van der Waals surface area contributed by atoms with Crippen molar-refractivity contribution in [2.75, 3.05) is 17.3 Å². The largest absolute Gasteiger partial charge is 0.497 e. The first-order valence-corrected chi connectivity index (χ1v) is 11.2. The molecule has 1 amide bonds. The van der Waals surface area contributed by atoms with Crippen molar-refractivity contribution in [3.05, 3.63) is 119 Å². The Morgan fingerprint density at radius 2 is 1.68 bits per heavy atom. The Balaban J connectivity index is 1.54. The first-order valence-electron chi connectivity index (χ1n) is 11.2. The molecule has 4 aromatic rings. The number of nitrogens with one attached hydrogen (secondary N) is 1. The molecule has 0 spiro atoms. The van der Waals surface area contributed by atoms with E-state index in [9.17, 15) is 4.79 Å². The lowest BCUT2D eigenvalue weighted by Gasteiger charge is -2.38. The van der Waals surface area contributed by atoms with Gasteiger partial charge in [0.05, 0.1) is 12.7 Å². The number of aryl methyl sites for hydroxylation is 1. The van der Waals surface area contributed by atoms with E-state index in [0.29, 0.717) is 17.9 Å². The van der Waals surface area contributed by atoms with Gasteiger partial charge < -0.3 is 14.8 Å². The maximum Gasteiger partial charge on any atom is 0.262 e. The van der Waals surface area contributed by atoms with E-state index in [1.54, 1.807) is 7.11 Å². The number of hydrogen-bond donors (Lipinski definition) is 1. The molecule has 0 bridgehead atoms. The zero-order valence-corrected chi connectivity index (χ0v) is 19.2. The molecule has 0 radical (unpaired) electrons. The van der Waals surface area contributed by atoms with Crippen molar-refractivity contribution < 1.29 is 14.3 Å². The van der Waals surface area contributed by atoms with Crippen LogP contribution in [0.15, 0.2) is 97.1 Å². The molecule has 5 nitrogen and oxygen atoms in total. The summed E-state index contributed by atoms with van der Waals surface area (Å²) in [7, 11) is 1.65. The molecule has 0 fully saturated rings. The van der Waals surface area contributed by atoms with Crippen molar-refractivity contribution in [2.24, 2.45) is 0 Å². The van der Waals surface area contributed by atoms with Crippen LogP contribution in [0.1, 0.15) is 33.2 Å². The highest BCUT2D eigenvalue weighted by Crippen LogP contribution is 2.39. The van der Waals surface area contributed by atoms with Gasteiger partial charge in [-0.3, -0.25) is 9.69 Å². The summed E-state index contributed by atoms with van der Waals surface area (Å²) in [6.07, 6.45) is -0.425. The van der Waals surface area contributed by atoms with E-state index >= 15 is 0 Å². The van der Waals surface area contributed by atoms with Gasteiger partial charge in [0.25, 0.3) is 5.91 Å². The molecular weight excluding hydrogens is 424 g/mol. The number of carbonyl (C=O) groups excluding carboxylic acids is 1. The zero-order chi connectivity index (χ0) is 23.5. The molecule has 1 aliphatic heterocycles. The standard InChI is InChI=1S/C29H26N2O3/c1-20-9-7-11-22(17-20)31-28(30-26-15-5-3-13-24(26)29(31)32)25-14-4-6-16-27(25)34-19-21-10-8-12-23(18-21)33-2/h3-18,28,30H,19H2,1-2H3/t28-/m1/s1. The van der Waals surface area contributed by atoms with Crippen molar-refractivity contribution in [1.29, 1.82) is 0 Å². The van der Waals surface area contributed by atoms with Gasteiger partial charge in [0.2, 0.25) is 0 Å². The summed E-state index contributed by atoms with van der Waals surface area (Å²) in [4.78, 5) is 15.5. The number of carbonyl (C=O) groups is 1. The number of benzene rings is 4. The van der Waals surface area contributed by atoms with Crippen LogP contribution in [0.5, 0.6) is 11.5 Å². The molecule has 5 rings (SSSR count). The minimum absolute atomic E-state index is 0.0486. The molecule has 170 valence electrons. The molecule has 1 heterocycles. The van der Waals surface area contributed by atoms with Crippen LogP contribution in [-0.4, -0.2) is 13.0 Å². The lowest BCUT2D eigenvalue weighted by atomic mass is 10.0.